The number of hydrogen-bond acceptors (Lipinski definition) is 6. The van der Waals surface area contributed by atoms with E-state index in [9.17, 15) is 27.6 Å². The van der Waals surface area contributed by atoms with E-state index in [4.69, 9.17) is 4.74 Å². The van der Waals surface area contributed by atoms with Crippen LogP contribution in [0.25, 0.3) is 16.7 Å². The summed E-state index contributed by atoms with van der Waals surface area (Å²) in [5, 5.41) is 7.54. The topological polar surface area (TPSA) is 114 Å². The van der Waals surface area contributed by atoms with Gasteiger partial charge in [-0.3, -0.25) is 14.2 Å². The molecule has 44 heavy (non-hydrogen) atoms. The third-order valence-corrected chi connectivity index (χ3v) is 7.46. The van der Waals surface area contributed by atoms with Crippen LogP contribution < -0.4 is 21.4 Å². The molecule has 2 saturated carbocycles. The first-order valence-electron chi connectivity index (χ1n) is 14.1. The average Bonchev–Trinajstić information content (AvgIpc) is 3.82. The smallest absolute Gasteiger partial charge is 0.408 e. The summed E-state index contributed by atoms with van der Waals surface area (Å²) in [5.74, 6) is -4.03. The molecule has 236 valence electrons. The molecule has 0 saturated heterocycles. The van der Waals surface area contributed by atoms with Gasteiger partial charge < -0.3 is 20.7 Å². The maximum absolute atomic E-state index is 15.2. The number of rotatable bonds is 8. The molecule has 2 heterocycles. The molecule has 3 N–H and O–H groups in total. The molecular formula is C30H32F5N5O4. The molecule has 3 aromatic rings. The number of aryl methyl sites for hydroxylation is 1. The summed E-state index contributed by atoms with van der Waals surface area (Å²) in [5.41, 5.74) is -3.65. The summed E-state index contributed by atoms with van der Waals surface area (Å²) >= 11 is 0. The second kappa shape index (κ2) is 11.0. The molecule has 2 amide bonds. The van der Waals surface area contributed by atoms with E-state index < -0.39 is 69.6 Å². The Balaban J connectivity index is 1.52. The molecule has 0 aliphatic heterocycles. The predicted molar refractivity (Wildman–Crippen MR) is 152 cm³/mol. The minimum absolute atomic E-state index is 0.180. The minimum Gasteiger partial charge on any atom is -0.444 e. The largest absolute Gasteiger partial charge is 0.444 e. The normalized spacial score (nSPS) is 16.8. The summed E-state index contributed by atoms with van der Waals surface area (Å²) in [4.78, 5) is 43.2. The van der Waals surface area contributed by atoms with Crippen molar-refractivity contribution < 1.29 is 36.3 Å². The number of fused-ring (bicyclic) bond motifs is 1. The standard InChI is InChI=1S/C30H32F5N5O4/c1-15-11-19(31)22(20(32)12-15)40-13-18(26(42)38-24(16-5-6-16)30(33,34)35)23(41)17-7-8-21(37-25(17)40)36-14-29(9-10-29)39-27(43)44-28(2,3)4/h7-8,11-13,16,24H,5-6,9-10,14H2,1-4H3,(H,36,37)(H,38,42)(H,39,43)/t24-/m0/s1. The van der Waals surface area contributed by atoms with Crippen molar-refractivity contribution in [2.24, 2.45) is 5.92 Å². The van der Waals surface area contributed by atoms with Gasteiger partial charge in [-0.25, -0.2) is 18.6 Å². The molecule has 9 nitrogen and oxygen atoms in total. The molecule has 0 bridgehead atoms. The highest BCUT2D eigenvalue weighted by molar-refractivity contribution is 5.97. The van der Waals surface area contributed by atoms with E-state index in [-0.39, 0.29) is 41.8 Å². The van der Waals surface area contributed by atoms with Crippen LogP contribution in [0, 0.1) is 24.5 Å². The summed E-state index contributed by atoms with van der Waals surface area (Å²) in [7, 11) is 0. The van der Waals surface area contributed by atoms with Crippen LogP contribution in [0.5, 0.6) is 0 Å². The number of alkyl halides is 3. The van der Waals surface area contributed by atoms with Crippen LogP contribution in [0.3, 0.4) is 0 Å². The summed E-state index contributed by atoms with van der Waals surface area (Å²) < 4.78 is 77.5. The van der Waals surface area contributed by atoms with Crippen LogP contribution in [0.15, 0.2) is 35.3 Å². The minimum atomic E-state index is -4.75. The van der Waals surface area contributed by atoms with E-state index in [0.29, 0.717) is 12.8 Å². The first-order valence-corrected chi connectivity index (χ1v) is 14.1. The number of anilines is 1. The lowest BCUT2D eigenvalue weighted by molar-refractivity contribution is -0.158. The Bertz CT molecular complexity index is 1670. The van der Waals surface area contributed by atoms with Gasteiger partial charge in [0.15, 0.2) is 17.3 Å². The van der Waals surface area contributed by atoms with Crippen LogP contribution in [0.4, 0.5) is 32.6 Å². The molecule has 1 aromatic carbocycles. The molecule has 2 aromatic heterocycles. The van der Waals surface area contributed by atoms with Crippen molar-refractivity contribution >= 4 is 28.9 Å². The molecule has 2 fully saturated rings. The van der Waals surface area contributed by atoms with Crippen molar-refractivity contribution in [2.45, 2.75) is 76.7 Å². The molecule has 0 radical (unpaired) electrons. The zero-order chi connectivity index (χ0) is 32.2. The predicted octanol–water partition coefficient (Wildman–Crippen LogP) is 5.51. The highest BCUT2D eigenvalue weighted by Crippen LogP contribution is 2.40. The highest BCUT2D eigenvalue weighted by Gasteiger charge is 2.50. The van der Waals surface area contributed by atoms with Gasteiger partial charge in [0.2, 0.25) is 5.43 Å². The fraction of sp³-hybridized carbons (Fsp3) is 0.467. The quantitative estimate of drug-likeness (QED) is 0.286. The van der Waals surface area contributed by atoms with E-state index in [1.165, 1.54) is 19.1 Å². The second-order valence-electron chi connectivity index (χ2n) is 12.5. The lowest BCUT2D eigenvalue weighted by Gasteiger charge is -2.24. The van der Waals surface area contributed by atoms with Crippen molar-refractivity contribution in [1.82, 2.24) is 20.2 Å². The first-order chi connectivity index (χ1) is 20.5. The second-order valence-corrected chi connectivity index (χ2v) is 12.5. The molecule has 0 spiro atoms. The van der Waals surface area contributed by atoms with Crippen LogP contribution in [0.2, 0.25) is 0 Å². The number of benzene rings is 1. The van der Waals surface area contributed by atoms with Crippen molar-refractivity contribution in [3.05, 3.63) is 63.4 Å². The number of aromatic nitrogens is 2. The van der Waals surface area contributed by atoms with Gasteiger partial charge in [-0.2, -0.15) is 13.2 Å². The van der Waals surface area contributed by atoms with Gasteiger partial charge >= 0.3 is 12.3 Å². The number of nitrogens with zero attached hydrogens (tertiary/aromatic N) is 2. The van der Waals surface area contributed by atoms with Crippen LogP contribution in [0.1, 0.15) is 62.4 Å². The van der Waals surface area contributed by atoms with Gasteiger partial charge in [-0.05, 0) is 89.1 Å². The summed E-state index contributed by atoms with van der Waals surface area (Å²) in [6.07, 6.45) is -2.71. The molecule has 2 aliphatic rings. The molecule has 0 unspecified atom stereocenters. The van der Waals surface area contributed by atoms with Gasteiger partial charge in [0.1, 0.15) is 28.7 Å². The van der Waals surface area contributed by atoms with Gasteiger partial charge in [0.05, 0.1) is 10.9 Å². The molecule has 2 aliphatic carbocycles. The fourth-order valence-corrected chi connectivity index (χ4v) is 4.95. The van der Waals surface area contributed by atoms with Gasteiger partial charge in [-0.15, -0.1) is 0 Å². The first kappa shape index (κ1) is 31.2. The Hall–Kier alpha value is -4.23. The zero-order valence-corrected chi connectivity index (χ0v) is 24.5. The number of nitrogens with one attached hydrogen (secondary N) is 3. The van der Waals surface area contributed by atoms with Crippen molar-refractivity contribution in [1.29, 1.82) is 0 Å². The van der Waals surface area contributed by atoms with Crippen LogP contribution in [-0.2, 0) is 4.74 Å². The molecule has 14 heteroatoms. The highest BCUT2D eigenvalue weighted by atomic mass is 19.4. The van der Waals surface area contributed by atoms with Gasteiger partial charge in [0, 0.05) is 12.7 Å². The third kappa shape index (κ3) is 6.78. The SMILES string of the molecule is Cc1cc(F)c(-n2cc(C(=O)N[C@@H](C3CC3)C(F)(F)F)c(=O)c3ccc(NCC4(NC(=O)OC(C)(C)C)CC4)nc32)c(F)c1. The lowest BCUT2D eigenvalue weighted by atomic mass is 10.1. The Morgan fingerprint density at radius 3 is 2.30 bits per heavy atom. The Kier molecular flexibility index (Phi) is 7.83. The summed E-state index contributed by atoms with van der Waals surface area (Å²) in [6.45, 7) is 6.88. The number of pyridine rings is 2. The van der Waals surface area contributed by atoms with Crippen LogP contribution >= 0.6 is 0 Å². The number of carbonyl (C=O) groups is 2. The molecular weight excluding hydrogens is 589 g/mol. The van der Waals surface area contributed by atoms with E-state index in [1.54, 1.807) is 20.8 Å². The summed E-state index contributed by atoms with van der Waals surface area (Å²) in [6, 6.07) is 2.57. The van der Waals surface area contributed by atoms with Crippen molar-refractivity contribution in [3.8, 4) is 5.69 Å². The fourth-order valence-electron chi connectivity index (χ4n) is 4.95. The number of halogens is 5. The van der Waals surface area contributed by atoms with E-state index in [2.05, 4.69) is 15.6 Å². The number of carbonyl (C=O) groups excluding carboxylic acids is 2. The number of hydrogen-bond donors (Lipinski definition) is 3. The van der Waals surface area contributed by atoms with Crippen LogP contribution in [-0.4, -0.2) is 51.5 Å². The van der Waals surface area contributed by atoms with Gasteiger partial charge in [0.25, 0.3) is 5.91 Å². The zero-order valence-electron chi connectivity index (χ0n) is 24.5. The monoisotopic (exact) mass is 621 g/mol. The number of amides is 2. The van der Waals surface area contributed by atoms with E-state index in [1.807, 2.05) is 5.32 Å². The lowest BCUT2D eigenvalue weighted by Crippen LogP contribution is -2.48. The number of ether oxygens (including phenoxy) is 1. The Morgan fingerprint density at radius 1 is 1.11 bits per heavy atom. The Morgan fingerprint density at radius 2 is 1.75 bits per heavy atom. The molecule has 1 atom stereocenters. The van der Waals surface area contributed by atoms with Gasteiger partial charge in [-0.1, -0.05) is 0 Å². The number of alkyl carbamates (subject to hydrolysis) is 1. The van der Waals surface area contributed by atoms with E-state index >= 15 is 8.78 Å². The maximum atomic E-state index is 15.2. The average molecular weight is 622 g/mol. The Labute approximate surface area is 249 Å². The third-order valence-electron chi connectivity index (χ3n) is 7.46. The maximum Gasteiger partial charge on any atom is 0.408 e. The van der Waals surface area contributed by atoms with Crippen molar-refractivity contribution in [2.75, 3.05) is 11.9 Å². The van der Waals surface area contributed by atoms with Crippen molar-refractivity contribution in [3.63, 3.8) is 0 Å². The van der Waals surface area contributed by atoms with E-state index in [0.717, 1.165) is 22.9 Å². The molecule has 5 rings (SSSR count).